The van der Waals surface area contributed by atoms with Gasteiger partial charge in [-0.15, -0.1) is 0 Å². The van der Waals surface area contributed by atoms with Crippen molar-refractivity contribution in [3.63, 3.8) is 0 Å². The molecule has 1 aliphatic carbocycles. The number of Topliss-reactive ketones (excluding diaryl/α,β-unsaturated/α-hetero) is 1. The molecule has 2 atom stereocenters. The van der Waals surface area contributed by atoms with Crippen LogP contribution in [0.4, 0.5) is 0 Å². The molecule has 0 amide bonds. The van der Waals surface area contributed by atoms with Gasteiger partial charge in [-0.2, -0.15) is 11.8 Å². The molecule has 0 aromatic carbocycles. The molecule has 3 aliphatic rings. The lowest BCUT2D eigenvalue weighted by atomic mass is 9.67. The maximum absolute atomic E-state index is 13.0. The summed E-state index contributed by atoms with van der Waals surface area (Å²) < 4.78 is 6.05. The van der Waals surface area contributed by atoms with Crippen LogP contribution in [0.2, 0.25) is 0 Å². The van der Waals surface area contributed by atoms with E-state index in [1.807, 2.05) is 11.8 Å². The molecule has 0 N–H and O–H groups in total. The standard InChI is InChI=1S/C16H26O2S/c1-15(6-3-2-4-7-15)14(17)13-5-9-18-16(11-13)8-10-19-12-16/h13H,2-12H2,1H3. The van der Waals surface area contributed by atoms with E-state index in [9.17, 15) is 4.79 Å². The van der Waals surface area contributed by atoms with Gasteiger partial charge < -0.3 is 4.74 Å². The minimum absolute atomic E-state index is 0.0206. The van der Waals surface area contributed by atoms with Gasteiger partial charge in [0.1, 0.15) is 5.78 Å². The second kappa shape index (κ2) is 5.40. The highest BCUT2D eigenvalue weighted by Gasteiger charge is 2.46. The SMILES string of the molecule is CC1(C(=O)C2CCOC3(CCSC3)C2)CCCCC1. The van der Waals surface area contributed by atoms with Gasteiger partial charge in [-0.1, -0.05) is 26.2 Å². The number of hydrogen-bond acceptors (Lipinski definition) is 3. The Morgan fingerprint density at radius 1 is 1.21 bits per heavy atom. The first-order valence-corrected chi connectivity index (χ1v) is 9.05. The van der Waals surface area contributed by atoms with Crippen molar-refractivity contribution in [3.05, 3.63) is 0 Å². The summed E-state index contributed by atoms with van der Waals surface area (Å²) in [5, 5.41) is 0. The highest BCUT2D eigenvalue weighted by Crippen LogP contribution is 2.45. The van der Waals surface area contributed by atoms with E-state index in [0.717, 1.165) is 44.5 Å². The Kier molecular flexibility index (Phi) is 3.96. The summed E-state index contributed by atoms with van der Waals surface area (Å²) in [7, 11) is 0. The van der Waals surface area contributed by atoms with Gasteiger partial charge in [-0.05, 0) is 37.9 Å². The summed E-state index contributed by atoms with van der Waals surface area (Å²) in [6.07, 6.45) is 9.14. The third kappa shape index (κ3) is 2.73. The Morgan fingerprint density at radius 2 is 2.00 bits per heavy atom. The first-order chi connectivity index (χ1) is 9.14. The molecule has 2 aliphatic heterocycles. The third-order valence-electron chi connectivity index (χ3n) is 5.48. The van der Waals surface area contributed by atoms with E-state index >= 15 is 0 Å². The molecule has 2 nitrogen and oxygen atoms in total. The predicted molar refractivity (Wildman–Crippen MR) is 79.5 cm³/mol. The summed E-state index contributed by atoms with van der Waals surface area (Å²) in [5.41, 5.74) is 0.0292. The number of carbonyl (C=O) groups excluding carboxylic acids is 1. The zero-order valence-electron chi connectivity index (χ0n) is 12.1. The number of carbonyl (C=O) groups is 1. The topological polar surface area (TPSA) is 26.3 Å². The van der Waals surface area contributed by atoms with Gasteiger partial charge in [0, 0.05) is 23.7 Å². The van der Waals surface area contributed by atoms with Crippen molar-refractivity contribution in [3.8, 4) is 0 Å². The Labute approximate surface area is 121 Å². The Morgan fingerprint density at radius 3 is 2.68 bits per heavy atom. The van der Waals surface area contributed by atoms with Gasteiger partial charge in [0.15, 0.2) is 0 Å². The maximum atomic E-state index is 13.0. The van der Waals surface area contributed by atoms with Crippen molar-refractivity contribution in [1.29, 1.82) is 0 Å². The lowest BCUT2D eigenvalue weighted by molar-refractivity contribution is -0.144. The average molecular weight is 282 g/mol. The first kappa shape index (κ1) is 13.9. The van der Waals surface area contributed by atoms with Crippen molar-refractivity contribution >= 4 is 17.5 Å². The maximum Gasteiger partial charge on any atom is 0.142 e. The summed E-state index contributed by atoms with van der Waals surface area (Å²) >= 11 is 1.99. The van der Waals surface area contributed by atoms with E-state index in [0.29, 0.717) is 5.78 Å². The smallest absolute Gasteiger partial charge is 0.142 e. The number of ether oxygens (including phenoxy) is 1. The van der Waals surface area contributed by atoms with Crippen molar-refractivity contribution in [2.24, 2.45) is 11.3 Å². The van der Waals surface area contributed by atoms with E-state index in [1.54, 1.807) is 0 Å². The fourth-order valence-corrected chi connectivity index (χ4v) is 5.56. The molecule has 2 saturated heterocycles. The van der Waals surface area contributed by atoms with Crippen molar-refractivity contribution in [1.82, 2.24) is 0 Å². The number of rotatable bonds is 2. The van der Waals surface area contributed by atoms with Crippen LogP contribution in [0.3, 0.4) is 0 Å². The van der Waals surface area contributed by atoms with Gasteiger partial charge in [0.2, 0.25) is 0 Å². The molecular formula is C16H26O2S. The Balaban J connectivity index is 1.69. The van der Waals surface area contributed by atoms with E-state index in [4.69, 9.17) is 4.74 Å². The molecule has 0 aromatic heterocycles. The number of hydrogen-bond donors (Lipinski definition) is 0. The molecule has 108 valence electrons. The predicted octanol–water partition coefficient (Wildman–Crippen LogP) is 3.83. The molecule has 19 heavy (non-hydrogen) atoms. The fourth-order valence-electron chi connectivity index (χ4n) is 4.19. The average Bonchev–Trinajstić information content (AvgIpc) is 2.87. The molecular weight excluding hydrogens is 256 g/mol. The lowest BCUT2D eigenvalue weighted by Crippen LogP contribution is -2.45. The van der Waals surface area contributed by atoms with Crippen LogP contribution in [0, 0.1) is 11.3 Å². The van der Waals surface area contributed by atoms with Crippen LogP contribution in [-0.2, 0) is 9.53 Å². The number of ketones is 1. The molecule has 2 heterocycles. The van der Waals surface area contributed by atoms with E-state index in [2.05, 4.69) is 6.92 Å². The summed E-state index contributed by atoms with van der Waals surface area (Å²) in [6.45, 7) is 3.02. The lowest BCUT2D eigenvalue weighted by Gasteiger charge is -2.41. The zero-order chi connectivity index (χ0) is 13.3. The number of thioether (sulfide) groups is 1. The fraction of sp³-hybridized carbons (Fsp3) is 0.938. The Bertz CT molecular complexity index is 341. The van der Waals surface area contributed by atoms with E-state index < -0.39 is 0 Å². The van der Waals surface area contributed by atoms with Gasteiger partial charge in [-0.3, -0.25) is 4.79 Å². The molecule has 2 unspecified atom stereocenters. The normalized spacial score (nSPS) is 38.5. The largest absolute Gasteiger partial charge is 0.374 e. The van der Waals surface area contributed by atoms with Crippen molar-refractivity contribution in [2.45, 2.75) is 63.9 Å². The van der Waals surface area contributed by atoms with Gasteiger partial charge in [-0.25, -0.2) is 0 Å². The van der Waals surface area contributed by atoms with E-state index in [-0.39, 0.29) is 16.9 Å². The van der Waals surface area contributed by atoms with Gasteiger partial charge >= 0.3 is 0 Å². The van der Waals surface area contributed by atoms with Gasteiger partial charge in [0.05, 0.1) is 5.60 Å². The van der Waals surface area contributed by atoms with E-state index in [1.165, 1.54) is 25.0 Å². The summed E-state index contributed by atoms with van der Waals surface area (Å²) in [6, 6.07) is 0. The molecule has 0 aromatic rings. The van der Waals surface area contributed by atoms with Crippen LogP contribution in [0.5, 0.6) is 0 Å². The molecule has 1 saturated carbocycles. The van der Waals surface area contributed by atoms with Crippen LogP contribution in [0.25, 0.3) is 0 Å². The molecule has 1 spiro atoms. The van der Waals surface area contributed by atoms with Crippen LogP contribution in [0.15, 0.2) is 0 Å². The van der Waals surface area contributed by atoms with Crippen LogP contribution in [0.1, 0.15) is 58.3 Å². The van der Waals surface area contributed by atoms with Crippen LogP contribution >= 0.6 is 11.8 Å². The minimum Gasteiger partial charge on any atom is -0.374 e. The molecule has 3 rings (SSSR count). The quantitative estimate of drug-likeness (QED) is 0.770. The Hall–Kier alpha value is -0.0200. The molecule has 0 radical (unpaired) electrons. The molecule has 3 heteroatoms. The second-order valence-electron chi connectivity index (χ2n) is 7.01. The van der Waals surface area contributed by atoms with Crippen molar-refractivity contribution < 1.29 is 9.53 Å². The second-order valence-corrected chi connectivity index (χ2v) is 8.11. The molecule has 0 bridgehead atoms. The summed E-state index contributed by atoms with van der Waals surface area (Å²) in [5.74, 6) is 3.15. The van der Waals surface area contributed by atoms with Gasteiger partial charge in [0.25, 0.3) is 0 Å². The van der Waals surface area contributed by atoms with Crippen LogP contribution < -0.4 is 0 Å². The molecule has 3 fully saturated rings. The highest BCUT2D eigenvalue weighted by atomic mass is 32.2. The highest BCUT2D eigenvalue weighted by molar-refractivity contribution is 7.99. The zero-order valence-corrected chi connectivity index (χ0v) is 12.9. The third-order valence-corrected chi connectivity index (χ3v) is 6.71. The first-order valence-electron chi connectivity index (χ1n) is 7.90. The summed E-state index contributed by atoms with van der Waals surface area (Å²) in [4.78, 5) is 13.0. The van der Waals surface area contributed by atoms with Crippen LogP contribution in [-0.4, -0.2) is 29.5 Å². The minimum atomic E-state index is -0.0206. The monoisotopic (exact) mass is 282 g/mol. The van der Waals surface area contributed by atoms with Crippen molar-refractivity contribution in [2.75, 3.05) is 18.1 Å².